The molecule has 4 rings (SSSR count). The Morgan fingerprint density at radius 1 is 0.875 bits per heavy atom. The number of aromatic nitrogens is 2. The summed E-state index contributed by atoms with van der Waals surface area (Å²) in [5.41, 5.74) is 2.64. The Morgan fingerprint density at radius 3 is 2.22 bits per heavy atom. The Labute approximate surface area is 190 Å². The molecule has 0 bridgehead atoms. The predicted molar refractivity (Wildman–Crippen MR) is 124 cm³/mol. The molecule has 0 aliphatic rings. The summed E-state index contributed by atoms with van der Waals surface area (Å²) in [6, 6.07) is 26.6. The van der Waals surface area contributed by atoms with Crippen molar-refractivity contribution in [1.82, 2.24) is 20.4 Å². The van der Waals surface area contributed by atoms with Gasteiger partial charge >= 0.3 is 0 Å². The molecule has 7 heteroatoms. The van der Waals surface area contributed by atoms with Crippen LogP contribution in [0.5, 0.6) is 0 Å². The van der Waals surface area contributed by atoms with Gasteiger partial charge < -0.3 is 10.6 Å². The van der Waals surface area contributed by atoms with E-state index in [2.05, 4.69) is 15.7 Å². The quantitative estimate of drug-likeness (QED) is 0.446. The average Bonchev–Trinajstić information content (AvgIpc) is 3.34. The highest BCUT2D eigenvalue weighted by Gasteiger charge is 2.24. The maximum atomic E-state index is 13.0. The molecule has 1 atom stereocenters. The molecule has 160 valence electrons. The van der Waals surface area contributed by atoms with E-state index in [-0.39, 0.29) is 11.6 Å². The van der Waals surface area contributed by atoms with Crippen LogP contribution in [0, 0.1) is 0 Å². The van der Waals surface area contributed by atoms with Crippen molar-refractivity contribution in [2.45, 2.75) is 12.6 Å². The fourth-order valence-corrected chi connectivity index (χ4v) is 3.34. The highest BCUT2D eigenvalue weighted by atomic mass is 35.5. The Bertz CT molecular complexity index is 1190. The Hall–Kier alpha value is -3.90. The molecular formula is C25H21ClN4O2. The first-order chi connectivity index (χ1) is 15.6. The van der Waals surface area contributed by atoms with Crippen LogP contribution in [0.4, 0.5) is 0 Å². The number of hydrogen-bond donors (Lipinski definition) is 2. The van der Waals surface area contributed by atoms with Crippen LogP contribution in [-0.4, -0.2) is 21.6 Å². The molecule has 0 fully saturated rings. The number of nitrogens with zero attached hydrogens (tertiary/aromatic N) is 2. The predicted octanol–water partition coefficient (Wildman–Crippen LogP) is 4.31. The molecule has 0 spiro atoms. The third-order valence-corrected chi connectivity index (χ3v) is 5.14. The number of amides is 2. The third-order valence-electron chi connectivity index (χ3n) is 4.89. The Kier molecular flexibility index (Phi) is 6.63. The largest absolute Gasteiger partial charge is 0.350 e. The van der Waals surface area contributed by atoms with Crippen molar-refractivity contribution in [3.05, 3.63) is 119 Å². The summed E-state index contributed by atoms with van der Waals surface area (Å²) in [5, 5.41) is 10.7. The van der Waals surface area contributed by atoms with Crippen LogP contribution in [0.15, 0.2) is 97.2 Å². The van der Waals surface area contributed by atoms with Crippen molar-refractivity contribution < 1.29 is 9.59 Å². The van der Waals surface area contributed by atoms with Crippen LogP contribution in [0.3, 0.4) is 0 Å². The summed E-state index contributed by atoms with van der Waals surface area (Å²) >= 11 is 5.92. The van der Waals surface area contributed by atoms with Gasteiger partial charge in [0, 0.05) is 17.8 Å². The second kappa shape index (κ2) is 9.94. The number of hydrogen-bond acceptors (Lipinski definition) is 3. The zero-order chi connectivity index (χ0) is 22.3. The number of para-hydroxylation sites is 1. The van der Waals surface area contributed by atoms with Crippen LogP contribution in [0.2, 0.25) is 5.02 Å². The van der Waals surface area contributed by atoms with E-state index in [1.807, 2.05) is 60.7 Å². The normalized spacial score (nSPS) is 11.5. The molecule has 4 aromatic rings. The van der Waals surface area contributed by atoms with Crippen molar-refractivity contribution in [2.24, 2.45) is 0 Å². The van der Waals surface area contributed by atoms with Crippen molar-refractivity contribution in [3.8, 4) is 5.69 Å². The minimum absolute atomic E-state index is 0.222. The van der Waals surface area contributed by atoms with Crippen molar-refractivity contribution in [3.63, 3.8) is 0 Å². The summed E-state index contributed by atoms with van der Waals surface area (Å²) in [7, 11) is 0. The van der Waals surface area contributed by atoms with Gasteiger partial charge in [-0.3, -0.25) is 9.59 Å². The van der Waals surface area contributed by atoms with Crippen LogP contribution in [0.1, 0.15) is 27.7 Å². The van der Waals surface area contributed by atoms with Gasteiger partial charge in [-0.05, 0) is 41.5 Å². The number of carbonyl (C=O) groups excluding carboxylic acids is 2. The van der Waals surface area contributed by atoms with Gasteiger partial charge in [-0.1, -0.05) is 72.3 Å². The van der Waals surface area contributed by atoms with E-state index < -0.39 is 11.9 Å². The van der Waals surface area contributed by atoms with Crippen LogP contribution in [0.25, 0.3) is 5.69 Å². The number of nitrogens with one attached hydrogen (secondary N) is 2. The lowest BCUT2D eigenvalue weighted by Gasteiger charge is -2.18. The Morgan fingerprint density at radius 2 is 1.53 bits per heavy atom. The van der Waals surface area contributed by atoms with Gasteiger partial charge in [0.2, 0.25) is 5.91 Å². The molecule has 1 heterocycles. The van der Waals surface area contributed by atoms with Crippen LogP contribution in [-0.2, 0) is 11.3 Å². The lowest BCUT2D eigenvalue weighted by Crippen LogP contribution is -2.40. The fourth-order valence-electron chi connectivity index (χ4n) is 3.21. The zero-order valence-corrected chi connectivity index (χ0v) is 17.9. The topological polar surface area (TPSA) is 76.0 Å². The number of carbonyl (C=O) groups is 2. The van der Waals surface area contributed by atoms with Crippen LogP contribution >= 0.6 is 11.6 Å². The van der Waals surface area contributed by atoms with Gasteiger partial charge in [-0.2, -0.15) is 5.10 Å². The van der Waals surface area contributed by atoms with E-state index in [1.54, 1.807) is 41.2 Å². The van der Waals surface area contributed by atoms with E-state index in [0.29, 0.717) is 17.1 Å². The minimum atomic E-state index is -0.863. The first kappa shape index (κ1) is 21.3. The molecule has 32 heavy (non-hydrogen) atoms. The van der Waals surface area contributed by atoms with E-state index in [9.17, 15) is 9.59 Å². The molecule has 2 N–H and O–H groups in total. The molecule has 6 nitrogen and oxygen atoms in total. The summed E-state index contributed by atoms with van der Waals surface area (Å²) in [6.07, 6.45) is 1.71. The number of benzene rings is 3. The van der Waals surface area contributed by atoms with Crippen molar-refractivity contribution >= 4 is 23.4 Å². The standard InChI is InChI=1S/C25H21ClN4O2/c26-20-13-11-18(12-14-20)17-27-25(32)23(19-7-3-1-4-8-19)28-24(31)22-15-16-30(29-22)21-9-5-2-6-10-21/h1-16,23H,17H2,(H,27,32)(H,28,31)/t23-/m0/s1. The minimum Gasteiger partial charge on any atom is -0.350 e. The molecule has 1 aromatic heterocycles. The lowest BCUT2D eigenvalue weighted by atomic mass is 10.1. The van der Waals surface area contributed by atoms with Gasteiger partial charge in [-0.15, -0.1) is 0 Å². The van der Waals surface area contributed by atoms with E-state index in [0.717, 1.165) is 11.3 Å². The smallest absolute Gasteiger partial charge is 0.272 e. The fraction of sp³-hybridized carbons (Fsp3) is 0.0800. The maximum absolute atomic E-state index is 13.0. The van der Waals surface area contributed by atoms with Gasteiger partial charge in [0.15, 0.2) is 5.69 Å². The van der Waals surface area contributed by atoms with Crippen LogP contribution < -0.4 is 10.6 Å². The number of halogens is 1. The summed E-state index contributed by atoms with van der Waals surface area (Å²) < 4.78 is 1.62. The van der Waals surface area contributed by atoms with Gasteiger partial charge in [0.1, 0.15) is 6.04 Å². The van der Waals surface area contributed by atoms with E-state index in [1.165, 1.54) is 0 Å². The highest BCUT2D eigenvalue weighted by Crippen LogP contribution is 2.15. The maximum Gasteiger partial charge on any atom is 0.272 e. The molecule has 0 aliphatic carbocycles. The molecule has 0 radical (unpaired) electrons. The molecular weight excluding hydrogens is 424 g/mol. The second-order valence-corrected chi connectivity index (χ2v) is 7.58. The Balaban J connectivity index is 1.49. The van der Waals surface area contributed by atoms with E-state index in [4.69, 9.17) is 11.6 Å². The second-order valence-electron chi connectivity index (χ2n) is 7.14. The molecule has 2 amide bonds. The van der Waals surface area contributed by atoms with E-state index >= 15 is 0 Å². The molecule has 0 saturated carbocycles. The SMILES string of the molecule is O=C(N[C@H](C(=O)NCc1ccc(Cl)cc1)c1ccccc1)c1ccn(-c2ccccc2)n1. The van der Waals surface area contributed by atoms with Gasteiger partial charge in [-0.25, -0.2) is 4.68 Å². The van der Waals surface area contributed by atoms with Gasteiger partial charge in [0.25, 0.3) is 5.91 Å². The molecule has 0 saturated heterocycles. The van der Waals surface area contributed by atoms with Gasteiger partial charge in [0.05, 0.1) is 5.69 Å². The zero-order valence-electron chi connectivity index (χ0n) is 17.1. The molecule has 0 aliphatic heterocycles. The first-order valence-electron chi connectivity index (χ1n) is 10.1. The average molecular weight is 445 g/mol. The first-order valence-corrected chi connectivity index (χ1v) is 10.5. The number of rotatable bonds is 7. The van der Waals surface area contributed by atoms with Crippen molar-refractivity contribution in [2.75, 3.05) is 0 Å². The highest BCUT2D eigenvalue weighted by molar-refractivity contribution is 6.30. The summed E-state index contributed by atoms with van der Waals surface area (Å²) in [4.78, 5) is 25.9. The molecule has 0 unspecified atom stereocenters. The third kappa shape index (κ3) is 5.22. The summed E-state index contributed by atoms with van der Waals surface area (Å²) in [5.74, 6) is -0.753. The van der Waals surface area contributed by atoms with Crippen molar-refractivity contribution in [1.29, 1.82) is 0 Å². The monoisotopic (exact) mass is 444 g/mol. The molecule has 3 aromatic carbocycles. The lowest BCUT2D eigenvalue weighted by molar-refractivity contribution is -0.123. The summed E-state index contributed by atoms with van der Waals surface area (Å²) in [6.45, 7) is 0.317.